The number of nitrogens with zero attached hydrogens (tertiary/aromatic N) is 1. The first-order valence-electron chi connectivity index (χ1n) is 7.04. The van der Waals surface area contributed by atoms with E-state index < -0.39 is 10.1 Å². The molecule has 0 atom stereocenters. The molecule has 0 saturated heterocycles. The number of aryl methyl sites for hydroxylation is 3. The van der Waals surface area contributed by atoms with Crippen LogP contribution in [0.2, 0.25) is 0 Å². The minimum Gasteiger partial charge on any atom is -0.304 e. The third-order valence-corrected chi connectivity index (χ3v) is 6.51. The molecule has 22 heavy (non-hydrogen) atoms. The topological polar surface area (TPSA) is 72.6 Å². The molecular formula is C15H22N2O3S2. The van der Waals surface area contributed by atoms with E-state index in [9.17, 15) is 8.42 Å². The van der Waals surface area contributed by atoms with E-state index in [1.165, 1.54) is 0 Å². The number of nitrogens with two attached hydrogens (primary N) is 1. The molecule has 5 nitrogen and oxygen atoms in total. The zero-order valence-electron chi connectivity index (χ0n) is 13.3. The zero-order chi connectivity index (χ0) is 16.5. The van der Waals surface area contributed by atoms with Crippen LogP contribution in [-0.4, -0.2) is 25.9 Å². The summed E-state index contributed by atoms with van der Waals surface area (Å²) in [6.07, 6.45) is 0.549. The minimum atomic E-state index is -3.74. The summed E-state index contributed by atoms with van der Waals surface area (Å²) in [5, 5.41) is 1.66. The van der Waals surface area contributed by atoms with Crippen LogP contribution in [0.25, 0.3) is 0 Å². The van der Waals surface area contributed by atoms with Gasteiger partial charge in [0.15, 0.2) is 0 Å². The van der Waals surface area contributed by atoms with E-state index in [0.717, 1.165) is 27.3 Å². The van der Waals surface area contributed by atoms with Gasteiger partial charge in [0.2, 0.25) is 0 Å². The highest BCUT2D eigenvalue weighted by Gasteiger charge is 2.22. The van der Waals surface area contributed by atoms with Crippen LogP contribution >= 0.6 is 11.8 Å². The summed E-state index contributed by atoms with van der Waals surface area (Å²) in [5.41, 5.74) is 3.46. The Hall–Kier alpha value is -1.02. The van der Waals surface area contributed by atoms with E-state index in [-0.39, 0.29) is 11.5 Å². The van der Waals surface area contributed by atoms with E-state index in [1.54, 1.807) is 30.6 Å². The van der Waals surface area contributed by atoms with Gasteiger partial charge >= 0.3 is 0 Å². The summed E-state index contributed by atoms with van der Waals surface area (Å²) in [6.45, 7) is 7.59. The normalized spacial score (nSPS) is 15.8. The SMILES string of the molecule is CC1=C(CCOS(=O)(=O)c2c(C)cc(C)cc2C)SCN1N. The van der Waals surface area contributed by atoms with Crippen LogP contribution in [0.4, 0.5) is 0 Å². The number of rotatable bonds is 5. The molecule has 1 aromatic rings. The van der Waals surface area contributed by atoms with Crippen molar-refractivity contribution < 1.29 is 12.6 Å². The van der Waals surface area contributed by atoms with Gasteiger partial charge in [-0.05, 0) is 38.8 Å². The molecule has 0 radical (unpaired) electrons. The molecule has 0 fully saturated rings. The van der Waals surface area contributed by atoms with E-state index >= 15 is 0 Å². The molecule has 1 aliphatic heterocycles. The largest absolute Gasteiger partial charge is 0.304 e. The third-order valence-electron chi connectivity index (χ3n) is 3.63. The maximum absolute atomic E-state index is 12.4. The van der Waals surface area contributed by atoms with Crippen molar-refractivity contribution in [2.45, 2.75) is 39.0 Å². The summed E-state index contributed by atoms with van der Waals surface area (Å²) in [4.78, 5) is 1.36. The van der Waals surface area contributed by atoms with Crippen LogP contribution in [-0.2, 0) is 14.3 Å². The summed E-state index contributed by atoms with van der Waals surface area (Å²) in [6, 6.07) is 3.71. The standard InChI is InChI=1S/C15H22N2O3S2/c1-10-7-11(2)15(12(3)8-10)22(18,19)20-6-5-14-13(4)17(16)9-21-14/h7-8H,5-6,9,16H2,1-4H3. The molecule has 2 rings (SSSR count). The van der Waals surface area contributed by atoms with Gasteiger partial charge in [0.1, 0.15) is 0 Å². The van der Waals surface area contributed by atoms with E-state index in [2.05, 4.69) is 0 Å². The van der Waals surface area contributed by atoms with Crippen LogP contribution in [0, 0.1) is 20.8 Å². The monoisotopic (exact) mass is 342 g/mol. The summed E-state index contributed by atoms with van der Waals surface area (Å²) in [5.74, 6) is 6.47. The fourth-order valence-corrected chi connectivity index (χ4v) is 5.00. The fraction of sp³-hybridized carbons (Fsp3) is 0.467. The molecule has 1 aromatic carbocycles. The predicted molar refractivity (Wildman–Crippen MR) is 89.6 cm³/mol. The number of benzene rings is 1. The Labute approximate surface area is 136 Å². The second-order valence-corrected chi connectivity index (χ2v) is 8.10. The molecule has 7 heteroatoms. The van der Waals surface area contributed by atoms with Gasteiger partial charge in [0.05, 0.1) is 17.4 Å². The lowest BCUT2D eigenvalue weighted by atomic mass is 10.1. The van der Waals surface area contributed by atoms with Crippen molar-refractivity contribution >= 4 is 21.9 Å². The van der Waals surface area contributed by atoms with Crippen molar-refractivity contribution in [2.24, 2.45) is 5.84 Å². The molecule has 0 aromatic heterocycles. The van der Waals surface area contributed by atoms with Gasteiger partial charge in [0, 0.05) is 17.0 Å². The maximum atomic E-state index is 12.4. The molecule has 1 aliphatic rings. The minimum absolute atomic E-state index is 0.128. The highest BCUT2D eigenvalue weighted by Crippen LogP contribution is 2.32. The predicted octanol–water partition coefficient (Wildman–Crippen LogP) is 2.82. The van der Waals surface area contributed by atoms with Crippen molar-refractivity contribution in [3.05, 3.63) is 39.4 Å². The Kier molecular flexibility index (Phi) is 5.21. The number of hydrazine groups is 1. The molecule has 0 bridgehead atoms. The van der Waals surface area contributed by atoms with Gasteiger partial charge in [-0.3, -0.25) is 4.18 Å². The summed E-state index contributed by atoms with van der Waals surface area (Å²) >= 11 is 1.62. The first-order chi connectivity index (χ1) is 10.2. The van der Waals surface area contributed by atoms with E-state index in [0.29, 0.717) is 12.3 Å². The Balaban J connectivity index is 2.10. The highest BCUT2D eigenvalue weighted by molar-refractivity contribution is 8.03. The Morgan fingerprint density at radius 3 is 2.32 bits per heavy atom. The third kappa shape index (κ3) is 3.65. The molecule has 2 N–H and O–H groups in total. The lowest BCUT2D eigenvalue weighted by Gasteiger charge is -2.12. The molecule has 0 saturated carbocycles. The maximum Gasteiger partial charge on any atom is 0.297 e. The Morgan fingerprint density at radius 1 is 1.23 bits per heavy atom. The molecule has 0 amide bonds. The first kappa shape index (κ1) is 17.3. The molecule has 0 aliphatic carbocycles. The van der Waals surface area contributed by atoms with Gasteiger partial charge in [-0.1, -0.05) is 17.7 Å². The number of hydrogen-bond donors (Lipinski definition) is 1. The second-order valence-electron chi connectivity index (χ2n) is 5.51. The van der Waals surface area contributed by atoms with E-state index in [4.69, 9.17) is 10.0 Å². The first-order valence-corrected chi connectivity index (χ1v) is 9.44. The average Bonchev–Trinajstić information content (AvgIpc) is 2.68. The average molecular weight is 342 g/mol. The second kappa shape index (κ2) is 6.62. The van der Waals surface area contributed by atoms with Crippen molar-refractivity contribution in [2.75, 3.05) is 12.5 Å². The summed E-state index contributed by atoms with van der Waals surface area (Å²) < 4.78 is 30.1. The van der Waals surface area contributed by atoms with Crippen LogP contribution in [0.5, 0.6) is 0 Å². The van der Waals surface area contributed by atoms with E-state index in [1.807, 2.05) is 26.0 Å². The molecular weight excluding hydrogens is 320 g/mol. The van der Waals surface area contributed by atoms with Crippen molar-refractivity contribution in [3.63, 3.8) is 0 Å². The molecule has 122 valence electrons. The molecule has 0 unspecified atom stereocenters. The van der Waals surface area contributed by atoms with Gasteiger partial charge < -0.3 is 5.01 Å². The molecule has 0 spiro atoms. The summed E-state index contributed by atoms with van der Waals surface area (Å²) in [7, 11) is -3.74. The van der Waals surface area contributed by atoms with Crippen molar-refractivity contribution in [3.8, 4) is 0 Å². The van der Waals surface area contributed by atoms with Gasteiger partial charge in [-0.25, -0.2) is 5.84 Å². The Morgan fingerprint density at radius 2 is 1.82 bits per heavy atom. The number of allylic oxidation sites excluding steroid dienone is 1. The van der Waals surface area contributed by atoms with Crippen LogP contribution in [0.1, 0.15) is 30.0 Å². The highest BCUT2D eigenvalue weighted by atomic mass is 32.2. The lowest BCUT2D eigenvalue weighted by Crippen LogP contribution is -2.25. The number of thioether (sulfide) groups is 1. The van der Waals surface area contributed by atoms with Crippen LogP contribution < -0.4 is 5.84 Å². The quantitative estimate of drug-likeness (QED) is 0.655. The van der Waals surface area contributed by atoms with Crippen LogP contribution in [0.15, 0.2) is 27.6 Å². The fourth-order valence-electron chi connectivity index (χ4n) is 2.63. The van der Waals surface area contributed by atoms with Crippen molar-refractivity contribution in [1.82, 2.24) is 5.01 Å². The zero-order valence-corrected chi connectivity index (χ0v) is 15.0. The van der Waals surface area contributed by atoms with Gasteiger partial charge in [-0.2, -0.15) is 8.42 Å². The smallest absolute Gasteiger partial charge is 0.297 e. The van der Waals surface area contributed by atoms with Gasteiger partial charge in [0.25, 0.3) is 10.1 Å². The van der Waals surface area contributed by atoms with Crippen molar-refractivity contribution in [1.29, 1.82) is 0 Å². The number of hydrogen-bond acceptors (Lipinski definition) is 6. The molecule has 1 heterocycles. The Bertz CT molecular complexity index is 688. The van der Waals surface area contributed by atoms with Gasteiger partial charge in [-0.15, -0.1) is 11.8 Å². The van der Waals surface area contributed by atoms with Crippen LogP contribution in [0.3, 0.4) is 0 Å². The lowest BCUT2D eigenvalue weighted by molar-refractivity contribution is 0.322.